The third kappa shape index (κ3) is 3.55. The van der Waals surface area contributed by atoms with Crippen molar-refractivity contribution >= 4 is 17.7 Å². The number of halogens is 1. The second-order valence-corrected chi connectivity index (χ2v) is 12.1. The SMILES string of the molecule is C=C1C(=O)[C@@]23[C@H](O)C[C@@H]4C(C)(C)CCC[C@@]4(COC(C)=O)[C@@H]2[C@@H](O)C[C@H]1[C@H]3OC(=O)c1ccccc1F. The van der Waals surface area contributed by atoms with E-state index in [1.54, 1.807) is 0 Å². The zero-order chi connectivity index (χ0) is 26.9. The summed E-state index contributed by atoms with van der Waals surface area (Å²) in [6, 6.07) is 5.44. The molecule has 0 aromatic heterocycles. The summed E-state index contributed by atoms with van der Waals surface area (Å²) < 4.78 is 26.0. The number of fused-ring (bicyclic) bond motifs is 3. The quantitative estimate of drug-likeness (QED) is 0.467. The number of hydrogen-bond acceptors (Lipinski definition) is 7. The molecule has 0 aliphatic heterocycles. The maximum atomic E-state index is 14.4. The van der Waals surface area contributed by atoms with Crippen LogP contribution in [0.4, 0.5) is 4.39 Å². The molecule has 4 fully saturated rings. The molecular weight excluding hydrogens is 479 g/mol. The van der Waals surface area contributed by atoms with Gasteiger partial charge in [0.2, 0.25) is 0 Å². The van der Waals surface area contributed by atoms with Gasteiger partial charge in [0.15, 0.2) is 5.78 Å². The fourth-order valence-corrected chi connectivity index (χ4v) is 8.62. The number of benzene rings is 1. The van der Waals surface area contributed by atoms with Gasteiger partial charge in [0, 0.05) is 24.2 Å². The van der Waals surface area contributed by atoms with Crippen molar-refractivity contribution in [2.45, 2.75) is 71.2 Å². The second-order valence-electron chi connectivity index (χ2n) is 12.1. The highest BCUT2D eigenvalue weighted by molar-refractivity contribution is 6.05. The van der Waals surface area contributed by atoms with Crippen LogP contribution in [-0.4, -0.2) is 52.9 Å². The number of rotatable bonds is 4. The number of Topliss-reactive ketones (excluding diaryl/α,β-unsaturated/α-hetero) is 1. The molecule has 4 saturated carbocycles. The van der Waals surface area contributed by atoms with Crippen LogP contribution in [0.5, 0.6) is 0 Å². The Hall–Kier alpha value is -2.58. The van der Waals surface area contributed by atoms with Crippen molar-refractivity contribution in [3.05, 3.63) is 47.8 Å². The molecule has 4 aliphatic rings. The third-order valence-corrected chi connectivity index (χ3v) is 9.97. The van der Waals surface area contributed by atoms with Crippen LogP contribution in [0, 0.1) is 39.8 Å². The Labute approximate surface area is 216 Å². The minimum absolute atomic E-state index is 0.00890. The van der Waals surface area contributed by atoms with Crippen LogP contribution in [0.25, 0.3) is 0 Å². The first-order valence-electron chi connectivity index (χ1n) is 13.1. The van der Waals surface area contributed by atoms with Gasteiger partial charge in [-0.25, -0.2) is 9.18 Å². The van der Waals surface area contributed by atoms with Gasteiger partial charge in [0.1, 0.15) is 17.3 Å². The van der Waals surface area contributed by atoms with Gasteiger partial charge >= 0.3 is 11.9 Å². The number of esters is 2. The first kappa shape index (κ1) is 26.0. The lowest BCUT2D eigenvalue weighted by Crippen LogP contribution is -2.72. The lowest BCUT2D eigenvalue weighted by Gasteiger charge is -2.66. The van der Waals surface area contributed by atoms with Crippen molar-refractivity contribution < 1.29 is 38.5 Å². The molecule has 0 unspecified atom stereocenters. The topological polar surface area (TPSA) is 110 Å². The van der Waals surface area contributed by atoms with Gasteiger partial charge in [-0.3, -0.25) is 9.59 Å². The molecular formula is C29H35FO7. The van der Waals surface area contributed by atoms with Crippen LogP contribution in [-0.2, 0) is 19.1 Å². The van der Waals surface area contributed by atoms with Crippen molar-refractivity contribution in [3.63, 3.8) is 0 Å². The van der Waals surface area contributed by atoms with Crippen molar-refractivity contribution in [1.29, 1.82) is 0 Å². The van der Waals surface area contributed by atoms with Crippen molar-refractivity contribution in [1.82, 2.24) is 0 Å². The molecule has 2 N–H and O–H groups in total. The molecule has 0 heterocycles. The molecule has 200 valence electrons. The molecule has 1 spiro atoms. The Morgan fingerprint density at radius 1 is 1.16 bits per heavy atom. The minimum atomic E-state index is -1.66. The van der Waals surface area contributed by atoms with E-state index in [0.29, 0.717) is 6.42 Å². The fraction of sp³-hybridized carbons (Fsp3) is 0.621. The number of aliphatic hydroxyl groups is 2. The van der Waals surface area contributed by atoms with E-state index < -0.39 is 64.5 Å². The predicted molar refractivity (Wildman–Crippen MR) is 131 cm³/mol. The number of carbonyl (C=O) groups is 3. The van der Waals surface area contributed by atoms with Crippen molar-refractivity contribution in [2.24, 2.45) is 34.0 Å². The Kier molecular flexibility index (Phi) is 6.15. The largest absolute Gasteiger partial charge is 0.465 e. The van der Waals surface area contributed by atoms with E-state index in [9.17, 15) is 29.0 Å². The van der Waals surface area contributed by atoms with Crippen molar-refractivity contribution in [2.75, 3.05) is 6.61 Å². The maximum Gasteiger partial charge on any atom is 0.341 e. The first-order chi connectivity index (χ1) is 17.4. The number of ketones is 1. The standard InChI is InChI=1S/C29H35FO7/c1-15-18-12-20(32)23-28(14-36-16(2)31)11-7-10-27(3,4)21(28)13-22(33)29(23,24(15)34)25(18)37-26(35)17-8-5-6-9-19(17)30/h5-6,8-9,18,20-23,25,32-33H,1,7,10-14H2,2-4H3/t18-,20+,21-,22-,23+,25-,28+,29-/m1/s1. The lowest BCUT2D eigenvalue weighted by atomic mass is 9.39. The van der Waals surface area contributed by atoms with Crippen LogP contribution >= 0.6 is 0 Å². The molecule has 8 atom stereocenters. The summed E-state index contributed by atoms with van der Waals surface area (Å²) in [4.78, 5) is 39.2. The Morgan fingerprint density at radius 3 is 2.54 bits per heavy atom. The molecule has 5 rings (SSSR count). The summed E-state index contributed by atoms with van der Waals surface area (Å²) in [6.07, 6.45) is -0.779. The zero-order valence-corrected chi connectivity index (χ0v) is 21.5. The first-order valence-corrected chi connectivity index (χ1v) is 13.1. The number of ether oxygens (including phenoxy) is 2. The van der Waals surface area contributed by atoms with Gasteiger partial charge in [0.25, 0.3) is 0 Å². The van der Waals surface area contributed by atoms with Gasteiger partial charge in [-0.1, -0.05) is 39.0 Å². The van der Waals surface area contributed by atoms with Crippen molar-refractivity contribution in [3.8, 4) is 0 Å². The molecule has 8 heteroatoms. The monoisotopic (exact) mass is 514 g/mol. The summed E-state index contributed by atoms with van der Waals surface area (Å²) >= 11 is 0. The molecule has 0 radical (unpaired) electrons. The Bertz CT molecular complexity index is 1160. The van der Waals surface area contributed by atoms with Gasteiger partial charge in [-0.15, -0.1) is 0 Å². The third-order valence-electron chi connectivity index (χ3n) is 9.97. The zero-order valence-electron chi connectivity index (χ0n) is 21.5. The molecule has 0 saturated heterocycles. The highest BCUT2D eigenvalue weighted by Crippen LogP contribution is 2.71. The second kappa shape index (κ2) is 8.73. The van der Waals surface area contributed by atoms with Gasteiger partial charge in [0.05, 0.1) is 24.4 Å². The normalized spacial score (nSPS) is 39.9. The summed E-state index contributed by atoms with van der Waals surface area (Å²) in [5.74, 6) is -4.28. The summed E-state index contributed by atoms with van der Waals surface area (Å²) in [7, 11) is 0. The summed E-state index contributed by atoms with van der Waals surface area (Å²) in [6.45, 7) is 9.51. The average molecular weight is 515 g/mol. The van der Waals surface area contributed by atoms with Gasteiger partial charge < -0.3 is 19.7 Å². The minimum Gasteiger partial charge on any atom is -0.465 e. The lowest BCUT2D eigenvalue weighted by molar-refractivity contribution is -0.264. The van der Waals surface area contributed by atoms with Crippen LogP contribution in [0.15, 0.2) is 36.4 Å². The van der Waals surface area contributed by atoms with E-state index >= 15 is 0 Å². The molecule has 0 amide bonds. The van der Waals surface area contributed by atoms with E-state index in [0.717, 1.165) is 18.9 Å². The van der Waals surface area contributed by atoms with E-state index in [1.807, 2.05) is 0 Å². The molecule has 1 aromatic rings. The summed E-state index contributed by atoms with van der Waals surface area (Å²) in [5, 5.41) is 23.5. The average Bonchev–Trinajstić information content (AvgIpc) is 2.96. The molecule has 37 heavy (non-hydrogen) atoms. The van der Waals surface area contributed by atoms with Crippen LogP contribution in [0.1, 0.15) is 63.2 Å². The number of carbonyl (C=O) groups excluding carboxylic acids is 3. The molecule has 1 aromatic carbocycles. The van der Waals surface area contributed by atoms with Crippen LogP contribution in [0.2, 0.25) is 0 Å². The fourth-order valence-electron chi connectivity index (χ4n) is 8.62. The van der Waals surface area contributed by atoms with E-state index in [2.05, 4.69) is 20.4 Å². The number of hydrogen-bond donors (Lipinski definition) is 2. The van der Waals surface area contributed by atoms with E-state index in [1.165, 1.54) is 25.1 Å². The highest BCUT2D eigenvalue weighted by Gasteiger charge is 2.78. The molecule has 4 aliphatic carbocycles. The van der Waals surface area contributed by atoms with E-state index in [4.69, 9.17) is 9.47 Å². The predicted octanol–water partition coefficient (Wildman–Crippen LogP) is 3.61. The van der Waals surface area contributed by atoms with Crippen LogP contribution < -0.4 is 0 Å². The van der Waals surface area contributed by atoms with Gasteiger partial charge in [-0.05, 0) is 54.7 Å². The highest BCUT2D eigenvalue weighted by atomic mass is 19.1. The summed E-state index contributed by atoms with van der Waals surface area (Å²) in [5.41, 5.74) is -2.81. The maximum absolute atomic E-state index is 14.4. The van der Waals surface area contributed by atoms with Gasteiger partial charge in [-0.2, -0.15) is 0 Å². The molecule has 7 nitrogen and oxygen atoms in total. The van der Waals surface area contributed by atoms with E-state index in [-0.39, 0.29) is 41.9 Å². The Morgan fingerprint density at radius 2 is 1.86 bits per heavy atom. The molecule has 2 bridgehead atoms. The Balaban J connectivity index is 1.66. The smallest absolute Gasteiger partial charge is 0.341 e. The van der Waals surface area contributed by atoms with Crippen LogP contribution in [0.3, 0.4) is 0 Å². The number of aliphatic hydroxyl groups excluding tert-OH is 2.